The van der Waals surface area contributed by atoms with Crippen molar-refractivity contribution in [2.24, 2.45) is 5.10 Å². The van der Waals surface area contributed by atoms with Crippen LogP contribution in [0.25, 0.3) is 0 Å². The normalized spacial score (nSPS) is 11.2. The highest BCUT2D eigenvalue weighted by Crippen LogP contribution is 2.09. The van der Waals surface area contributed by atoms with Crippen LogP contribution in [0.3, 0.4) is 0 Å². The van der Waals surface area contributed by atoms with Gasteiger partial charge in [0.15, 0.2) is 0 Å². The molecular formula is C16H15ClN2O. The quantitative estimate of drug-likeness (QED) is 0.679. The number of carbonyl (C=O) groups excluding carboxylic acids is 1. The van der Waals surface area contributed by atoms with Gasteiger partial charge in [-0.3, -0.25) is 4.79 Å². The third-order valence-electron chi connectivity index (χ3n) is 2.82. The summed E-state index contributed by atoms with van der Waals surface area (Å²) < 4.78 is 0. The van der Waals surface area contributed by atoms with Gasteiger partial charge in [-0.15, -0.1) is 0 Å². The van der Waals surface area contributed by atoms with Gasteiger partial charge in [0.25, 0.3) is 0 Å². The van der Waals surface area contributed by atoms with Gasteiger partial charge in [-0.05, 0) is 30.2 Å². The van der Waals surface area contributed by atoms with Crippen molar-refractivity contribution in [1.29, 1.82) is 0 Å². The van der Waals surface area contributed by atoms with Gasteiger partial charge in [-0.2, -0.15) is 5.10 Å². The van der Waals surface area contributed by atoms with Gasteiger partial charge in [0, 0.05) is 5.02 Å². The first-order chi connectivity index (χ1) is 9.65. The summed E-state index contributed by atoms with van der Waals surface area (Å²) in [5.74, 6) is -0.150. The Bertz CT molecular complexity index is 606. The van der Waals surface area contributed by atoms with Gasteiger partial charge >= 0.3 is 0 Å². The van der Waals surface area contributed by atoms with Crippen LogP contribution >= 0.6 is 11.6 Å². The van der Waals surface area contributed by atoms with E-state index in [4.69, 9.17) is 11.6 Å². The number of benzene rings is 2. The van der Waals surface area contributed by atoms with Crippen molar-refractivity contribution in [1.82, 2.24) is 5.43 Å². The molecule has 0 saturated carbocycles. The molecule has 1 N–H and O–H groups in total. The lowest BCUT2D eigenvalue weighted by Gasteiger charge is -2.03. The molecule has 20 heavy (non-hydrogen) atoms. The minimum atomic E-state index is -0.150. The van der Waals surface area contributed by atoms with E-state index in [9.17, 15) is 4.79 Å². The van der Waals surface area contributed by atoms with E-state index in [0.29, 0.717) is 5.02 Å². The zero-order valence-corrected chi connectivity index (χ0v) is 11.9. The highest BCUT2D eigenvalue weighted by atomic mass is 35.5. The molecule has 0 aliphatic heterocycles. The lowest BCUT2D eigenvalue weighted by atomic mass is 10.1. The van der Waals surface area contributed by atoms with Crippen LogP contribution in [0.2, 0.25) is 5.02 Å². The summed E-state index contributed by atoms with van der Waals surface area (Å²) in [6.07, 6.45) is 0.280. The lowest BCUT2D eigenvalue weighted by Crippen LogP contribution is -2.21. The maximum atomic E-state index is 11.8. The molecule has 0 spiro atoms. The van der Waals surface area contributed by atoms with E-state index >= 15 is 0 Å². The zero-order chi connectivity index (χ0) is 14.4. The number of hydrogen-bond acceptors (Lipinski definition) is 2. The van der Waals surface area contributed by atoms with Gasteiger partial charge in [0.2, 0.25) is 5.91 Å². The molecule has 2 rings (SSSR count). The first-order valence-corrected chi connectivity index (χ1v) is 6.66. The summed E-state index contributed by atoms with van der Waals surface area (Å²) in [5.41, 5.74) is 5.22. The van der Waals surface area contributed by atoms with E-state index in [-0.39, 0.29) is 12.3 Å². The van der Waals surface area contributed by atoms with Crippen molar-refractivity contribution in [3.05, 3.63) is 70.7 Å². The number of hydrazone groups is 1. The van der Waals surface area contributed by atoms with Crippen molar-refractivity contribution >= 4 is 23.2 Å². The Kier molecular flexibility index (Phi) is 4.91. The van der Waals surface area contributed by atoms with Crippen molar-refractivity contribution in [2.45, 2.75) is 13.3 Å². The molecule has 1 amide bonds. The maximum absolute atomic E-state index is 11.8. The van der Waals surface area contributed by atoms with Crippen LogP contribution in [0.1, 0.15) is 18.1 Å². The Labute approximate surface area is 123 Å². The molecule has 4 heteroatoms. The van der Waals surface area contributed by atoms with Crippen molar-refractivity contribution in [3.63, 3.8) is 0 Å². The molecule has 0 aliphatic carbocycles. The average molecular weight is 287 g/mol. The molecule has 0 fully saturated rings. The van der Waals surface area contributed by atoms with E-state index < -0.39 is 0 Å². The van der Waals surface area contributed by atoms with Crippen LogP contribution in [-0.4, -0.2) is 11.6 Å². The minimum absolute atomic E-state index is 0.150. The van der Waals surface area contributed by atoms with E-state index in [2.05, 4.69) is 10.5 Å². The average Bonchev–Trinajstić information content (AvgIpc) is 2.48. The number of amides is 1. The maximum Gasteiger partial charge on any atom is 0.244 e. The molecule has 0 bridgehead atoms. The Hall–Kier alpha value is -2.13. The van der Waals surface area contributed by atoms with Gasteiger partial charge in [0.05, 0.1) is 12.1 Å². The summed E-state index contributed by atoms with van der Waals surface area (Å²) in [6.45, 7) is 1.86. The third kappa shape index (κ3) is 4.21. The Balaban J connectivity index is 1.93. The monoisotopic (exact) mass is 286 g/mol. The summed E-state index contributed by atoms with van der Waals surface area (Å²) in [6, 6.07) is 16.9. The zero-order valence-electron chi connectivity index (χ0n) is 11.1. The molecule has 0 radical (unpaired) electrons. The van der Waals surface area contributed by atoms with Gasteiger partial charge in [0.1, 0.15) is 0 Å². The van der Waals surface area contributed by atoms with Gasteiger partial charge in [-0.25, -0.2) is 5.43 Å². The highest BCUT2D eigenvalue weighted by Gasteiger charge is 2.03. The smallest absolute Gasteiger partial charge is 0.244 e. The van der Waals surface area contributed by atoms with Gasteiger partial charge < -0.3 is 0 Å². The molecule has 0 heterocycles. The van der Waals surface area contributed by atoms with Crippen molar-refractivity contribution in [2.75, 3.05) is 0 Å². The number of halogens is 1. The summed E-state index contributed by atoms with van der Waals surface area (Å²) in [4.78, 5) is 11.8. The van der Waals surface area contributed by atoms with Gasteiger partial charge in [-0.1, -0.05) is 54.1 Å². The van der Waals surface area contributed by atoms with Crippen molar-refractivity contribution < 1.29 is 4.79 Å². The number of hydrogen-bond donors (Lipinski definition) is 1. The van der Waals surface area contributed by atoms with Crippen molar-refractivity contribution in [3.8, 4) is 0 Å². The Morgan fingerprint density at radius 2 is 1.75 bits per heavy atom. The standard InChI is InChI=1S/C16H15ClN2O/c1-12(14-5-3-2-4-6-14)18-19-16(20)11-13-7-9-15(17)10-8-13/h2-10H,11H2,1H3,(H,19,20)/b18-12+. The number of carbonyl (C=O) groups is 1. The fourth-order valence-corrected chi connectivity index (χ4v) is 1.84. The first-order valence-electron chi connectivity index (χ1n) is 6.28. The summed E-state index contributed by atoms with van der Waals surface area (Å²) in [5, 5.41) is 4.76. The summed E-state index contributed by atoms with van der Waals surface area (Å²) >= 11 is 5.80. The molecule has 2 aromatic carbocycles. The largest absolute Gasteiger partial charge is 0.273 e. The molecule has 0 aromatic heterocycles. The number of nitrogens with zero attached hydrogens (tertiary/aromatic N) is 1. The van der Waals surface area contributed by atoms with Crippen LogP contribution in [0.15, 0.2) is 59.7 Å². The fourth-order valence-electron chi connectivity index (χ4n) is 1.72. The third-order valence-corrected chi connectivity index (χ3v) is 3.07. The molecular weight excluding hydrogens is 272 g/mol. The molecule has 0 atom stereocenters. The second-order valence-electron chi connectivity index (χ2n) is 4.40. The molecule has 0 saturated heterocycles. The second-order valence-corrected chi connectivity index (χ2v) is 4.84. The summed E-state index contributed by atoms with van der Waals surface area (Å²) in [7, 11) is 0. The van der Waals surface area contributed by atoms with E-state index in [1.807, 2.05) is 49.4 Å². The first kappa shape index (κ1) is 14.3. The predicted octanol–water partition coefficient (Wildman–Crippen LogP) is 3.42. The van der Waals surface area contributed by atoms with Crippen LogP contribution in [0, 0.1) is 0 Å². The fraction of sp³-hybridized carbons (Fsp3) is 0.125. The highest BCUT2D eigenvalue weighted by molar-refractivity contribution is 6.30. The molecule has 102 valence electrons. The van der Waals surface area contributed by atoms with Crippen LogP contribution in [0.5, 0.6) is 0 Å². The van der Waals surface area contributed by atoms with Crippen LogP contribution < -0.4 is 5.43 Å². The van der Waals surface area contributed by atoms with Crippen LogP contribution in [0.4, 0.5) is 0 Å². The SMILES string of the molecule is C/C(=N\NC(=O)Cc1ccc(Cl)cc1)c1ccccc1. The van der Waals surface area contributed by atoms with Crippen LogP contribution in [-0.2, 0) is 11.2 Å². The van der Waals surface area contributed by atoms with E-state index in [1.165, 1.54) is 0 Å². The Morgan fingerprint density at radius 3 is 2.40 bits per heavy atom. The molecule has 2 aromatic rings. The van der Waals surface area contributed by atoms with E-state index in [0.717, 1.165) is 16.8 Å². The number of nitrogens with one attached hydrogen (secondary N) is 1. The topological polar surface area (TPSA) is 41.5 Å². The molecule has 3 nitrogen and oxygen atoms in total. The Morgan fingerprint density at radius 1 is 1.10 bits per heavy atom. The lowest BCUT2D eigenvalue weighted by molar-refractivity contribution is -0.120. The predicted molar refractivity (Wildman–Crippen MR) is 82.0 cm³/mol. The number of rotatable bonds is 4. The minimum Gasteiger partial charge on any atom is -0.273 e. The second kappa shape index (κ2) is 6.87. The molecule has 0 aliphatic rings. The molecule has 0 unspecified atom stereocenters. The van der Waals surface area contributed by atoms with E-state index in [1.54, 1.807) is 12.1 Å².